The van der Waals surface area contributed by atoms with Gasteiger partial charge in [0.05, 0.1) is 16.5 Å². The van der Waals surface area contributed by atoms with Gasteiger partial charge in [0.2, 0.25) is 10.0 Å². The van der Waals surface area contributed by atoms with E-state index in [1.54, 1.807) is 12.1 Å². The molecule has 1 heterocycles. The molecule has 1 saturated heterocycles. The van der Waals surface area contributed by atoms with Crippen LogP contribution < -0.4 is 5.32 Å². The third-order valence-corrected chi connectivity index (χ3v) is 7.03. The van der Waals surface area contributed by atoms with Crippen molar-refractivity contribution in [2.24, 2.45) is 5.92 Å². The molecule has 1 atom stereocenters. The second kappa shape index (κ2) is 8.53. The summed E-state index contributed by atoms with van der Waals surface area (Å²) in [5.41, 5.74) is 0. The number of piperidine rings is 1. The molecule has 0 amide bonds. The Bertz CT molecular complexity index is 697. The number of aliphatic carboxylic acids is 1. The maximum Gasteiger partial charge on any atom is 0.317 e. The Morgan fingerprint density at radius 2 is 2.25 bits per heavy atom. The van der Waals surface area contributed by atoms with Crippen LogP contribution >= 0.6 is 23.4 Å². The van der Waals surface area contributed by atoms with Gasteiger partial charge in [0.1, 0.15) is 0 Å². The number of thioether (sulfide) groups is 1. The third kappa shape index (κ3) is 4.86. The van der Waals surface area contributed by atoms with Gasteiger partial charge in [-0.2, -0.15) is 4.31 Å². The summed E-state index contributed by atoms with van der Waals surface area (Å²) in [6, 6.07) is 4.80. The van der Waals surface area contributed by atoms with Crippen molar-refractivity contribution >= 4 is 39.4 Å². The zero-order valence-corrected chi connectivity index (χ0v) is 15.8. The summed E-state index contributed by atoms with van der Waals surface area (Å²) in [6.45, 7) is 1.23. The van der Waals surface area contributed by atoms with Gasteiger partial charge in [-0.1, -0.05) is 11.6 Å². The topological polar surface area (TPSA) is 86.7 Å². The van der Waals surface area contributed by atoms with Crippen LogP contribution in [0.15, 0.2) is 28.0 Å². The normalized spacial score (nSPS) is 19.3. The van der Waals surface area contributed by atoms with E-state index in [-0.39, 0.29) is 17.4 Å². The Labute approximate surface area is 151 Å². The van der Waals surface area contributed by atoms with Gasteiger partial charge < -0.3 is 10.4 Å². The molecule has 1 aliphatic heterocycles. The van der Waals surface area contributed by atoms with Crippen LogP contribution in [0.1, 0.15) is 12.8 Å². The lowest BCUT2D eigenvalue weighted by Gasteiger charge is -2.32. The van der Waals surface area contributed by atoms with E-state index in [1.807, 2.05) is 6.26 Å². The van der Waals surface area contributed by atoms with E-state index in [1.165, 1.54) is 22.1 Å². The second-order valence-corrected chi connectivity index (χ2v) is 8.89. The zero-order valence-electron chi connectivity index (χ0n) is 13.4. The third-order valence-electron chi connectivity index (χ3n) is 3.95. The number of nitrogens with zero attached hydrogens (tertiary/aromatic N) is 1. The lowest BCUT2D eigenvalue weighted by Crippen LogP contribution is -2.43. The van der Waals surface area contributed by atoms with Crippen molar-refractivity contribution in [3.05, 3.63) is 23.2 Å². The first-order valence-corrected chi connectivity index (χ1v) is 10.6. The van der Waals surface area contributed by atoms with E-state index < -0.39 is 16.0 Å². The Morgan fingerprint density at radius 1 is 1.50 bits per heavy atom. The molecule has 1 fully saturated rings. The number of hydrogen-bond acceptors (Lipinski definition) is 5. The fourth-order valence-corrected chi connectivity index (χ4v) is 5.27. The molecular formula is C15H21ClN2O4S2. The molecule has 0 bridgehead atoms. The highest BCUT2D eigenvalue weighted by Crippen LogP contribution is 2.30. The number of carbonyl (C=O) groups is 1. The van der Waals surface area contributed by atoms with Gasteiger partial charge in [-0.15, -0.1) is 11.8 Å². The van der Waals surface area contributed by atoms with Crippen molar-refractivity contribution in [3.8, 4) is 0 Å². The van der Waals surface area contributed by atoms with Gasteiger partial charge in [-0.25, -0.2) is 8.42 Å². The maximum atomic E-state index is 12.8. The highest BCUT2D eigenvalue weighted by molar-refractivity contribution is 7.98. The fraction of sp³-hybridized carbons (Fsp3) is 0.533. The van der Waals surface area contributed by atoms with E-state index in [4.69, 9.17) is 16.7 Å². The summed E-state index contributed by atoms with van der Waals surface area (Å²) in [5.74, 6) is -0.812. The predicted octanol–water partition coefficient (Wildman–Crippen LogP) is 2.14. The lowest BCUT2D eigenvalue weighted by molar-refractivity contribution is -0.136. The first-order chi connectivity index (χ1) is 11.3. The molecule has 0 saturated carbocycles. The van der Waals surface area contributed by atoms with E-state index >= 15 is 0 Å². The number of benzene rings is 1. The monoisotopic (exact) mass is 392 g/mol. The molecule has 1 unspecified atom stereocenters. The molecule has 1 aromatic carbocycles. The van der Waals surface area contributed by atoms with Gasteiger partial charge in [0.25, 0.3) is 0 Å². The van der Waals surface area contributed by atoms with Crippen LogP contribution in [0, 0.1) is 5.92 Å². The molecule has 2 N–H and O–H groups in total. The van der Waals surface area contributed by atoms with E-state index in [0.717, 1.165) is 17.7 Å². The zero-order chi connectivity index (χ0) is 17.7. The number of carboxylic acids is 1. The smallest absolute Gasteiger partial charge is 0.317 e. The molecule has 9 heteroatoms. The van der Waals surface area contributed by atoms with Crippen LogP contribution in [0.3, 0.4) is 0 Å². The molecule has 134 valence electrons. The Kier molecular flexibility index (Phi) is 6.94. The van der Waals surface area contributed by atoms with Crippen LogP contribution in [0.2, 0.25) is 5.02 Å². The Morgan fingerprint density at radius 3 is 2.88 bits per heavy atom. The quantitative estimate of drug-likeness (QED) is 0.691. The molecule has 0 radical (unpaired) electrons. The predicted molar refractivity (Wildman–Crippen MR) is 95.2 cm³/mol. The van der Waals surface area contributed by atoms with Gasteiger partial charge in [0, 0.05) is 18.0 Å². The second-order valence-electron chi connectivity index (χ2n) is 5.69. The largest absolute Gasteiger partial charge is 0.480 e. The number of halogens is 1. The van der Waals surface area contributed by atoms with Crippen LogP contribution in [0.4, 0.5) is 0 Å². The Balaban J connectivity index is 2.08. The van der Waals surface area contributed by atoms with Gasteiger partial charge in [0.15, 0.2) is 0 Å². The Hall–Kier alpha value is -0.800. The van der Waals surface area contributed by atoms with Crippen molar-refractivity contribution in [2.75, 3.05) is 32.4 Å². The van der Waals surface area contributed by atoms with Gasteiger partial charge in [-0.3, -0.25) is 4.79 Å². The molecule has 1 aromatic rings. The molecule has 0 aliphatic carbocycles. The average molecular weight is 393 g/mol. The molecule has 2 rings (SSSR count). The molecule has 6 nitrogen and oxygen atoms in total. The molecule has 0 aromatic heterocycles. The summed E-state index contributed by atoms with van der Waals surface area (Å²) in [5, 5.41) is 11.9. The molecule has 24 heavy (non-hydrogen) atoms. The first-order valence-electron chi connectivity index (χ1n) is 7.61. The number of rotatable bonds is 7. The SMILES string of the molecule is CSc1ccc(S(=O)(=O)N2CCCC(CNCC(=O)O)C2)cc1Cl. The summed E-state index contributed by atoms with van der Waals surface area (Å²) < 4.78 is 27.1. The summed E-state index contributed by atoms with van der Waals surface area (Å²) in [4.78, 5) is 11.6. The summed E-state index contributed by atoms with van der Waals surface area (Å²) in [7, 11) is -3.59. The van der Waals surface area contributed by atoms with Gasteiger partial charge >= 0.3 is 5.97 Å². The highest BCUT2D eigenvalue weighted by Gasteiger charge is 2.30. The van der Waals surface area contributed by atoms with Crippen LogP contribution in [0.25, 0.3) is 0 Å². The highest BCUT2D eigenvalue weighted by atomic mass is 35.5. The van der Waals surface area contributed by atoms with Crippen LogP contribution in [0.5, 0.6) is 0 Å². The van der Waals surface area contributed by atoms with Crippen molar-refractivity contribution in [1.82, 2.24) is 9.62 Å². The van der Waals surface area contributed by atoms with E-state index in [0.29, 0.717) is 24.7 Å². The minimum atomic E-state index is -3.59. The van der Waals surface area contributed by atoms with Crippen molar-refractivity contribution in [1.29, 1.82) is 0 Å². The first kappa shape index (κ1) is 19.5. The number of hydrogen-bond donors (Lipinski definition) is 2. The molecule has 1 aliphatic rings. The minimum absolute atomic E-state index is 0.105. The van der Waals surface area contributed by atoms with Crippen molar-refractivity contribution < 1.29 is 18.3 Å². The van der Waals surface area contributed by atoms with Crippen LogP contribution in [-0.2, 0) is 14.8 Å². The number of nitrogens with one attached hydrogen (secondary N) is 1. The lowest BCUT2D eigenvalue weighted by atomic mass is 10.00. The number of carboxylic acid groups (broad SMARTS) is 1. The van der Waals surface area contributed by atoms with Crippen LogP contribution in [-0.4, -0.2) is 56.2 Å². The minimum Gasteiger partial charge on any atom is -0.480 e. The number of sulfonamides is 1. The van der Waals surface area contributed by atoms with Gasteiger partial charge in [-0.05, 0) is 49.8 Å². The summed E-state index contributed by atoms with van der Waals surface area (Å²) in [6.07, 6.45) is 3.52. The van der Waals surface area contributed by atoms with E-state index in [9.17, 15) is 13.2 Å². The van der Waals surface area contributed by atoms with Crippen molar-refractivity contribution in [3.63, 3.8) is 0 Å². The molecular weight excluding hydrogens is 372 g/mol. The standard InChI is InChI=1S/C15H21ClN2O4S2/c1-23-14-5-4-12(7-13(14)16)24(21,22)18-6-2-3-11(10-18)8-17-9-15(19)20/h4-5,7,11,17H,2-3,6,8-10H2,1H3,(H,19,20). The van der Waals surface area contributed by atoms with E-state index in [2.05, 4.69) is 5.32 Å². The van der Waals surface area contributed by atoms with Crippen molar-refractivity contribution in [2.45, 2.75) is 22.6 Å². The molecule has 0 spiro atoms. The average Bonchev–Trinajstić information content (AvgIpc) is 2.54. The summed E-state index contributed by atoms with van der Waals surface area (Å²) >= 11 is 7.60. The maximum absolute atomic E-state index is 12.8. The fourth-order valence-electron chi connectivity index (χ4n) is 2.75.